The van der Waals surface area contributed by atoms with Gasteiger partial charge in [-0.15, -0.1) is 4.80 Å². The highest BCUT2D eigenvalue weighted by molar-refractivity contribution is 6.37. The Morgan fingerprint density at radius 1 is 1.14 bits per heavy atom. The molecule has 0 atom stereocenters. The average molecular weight is 426 g/mol. The smallest absolute Gasteiger partial charge is 0.332 e. The van der Waals surface area contributed by atoms with Crippen molar-refractivity contribution in [2.75, 3.05) is 0 Å². The molecule has 0 unspecified atom stereocenters. The Morgan fingerprint density at radius 2 is 1.79 bits per heavy atom. The van der Waals surface area contributed by atoms with Gasteiger partial charge < -0.3 is 4.98 Å². The molecular weight excluding hydrogens is 418 g/mol. The molecule has 0 saturated carbocycles. The van der Waals surface area contributed by atoms with Gasteiger partial charge in [0, 0.05) is 0 Å². The minimum atomic E-state index is -4.60. The molecule has 7 nitrogen and oxygen atoms in total. The summed E-state index contributed by atoms with van der Waals surface area (Å²) in [5.74, 6) is 0.313. The third-order valence-electron chi connectivity index (χ3n) is 3.73. The molecule has 3 aromatic rings. The van der Waals surface area contributed by atoms with Crippen molar-refractivity contribution in [3.63, 3.8) is 0 Å². The summed E-state index contributed by atoms with van der Waals surface area (Å²) in [4.78, 5) is 7.74. The molecule has 0 fully saturated rings. The minimum absolute atomic E-state index is 0.000515. The number of H-pyrrole nitrogens is 1. The molecule has 2 heterocycles. The highest BCUT2D eigenvalue weighted by Gasteiger charge is 2.32. The Labute approximate surface area is 165 Å². The maximum atomic E-state index is 12.9. The fourth-order valence-electron chi connectivity index (χ4n) is 2.42. The lowest BCUT2D eigenvalue weighted by Crippen LogP contribution is -2.08. The first kappa shape index (κ1) is 19.7. The van der Waals surface area contributed by atoms with Gasteiger partial charge in [-0.2, -0.15) is 33.9 Å². The van der Waals surface area contributed by atoms with Crippen molar-refractivity contribution in [3.05, 3.63) is 56.3 Å². The Bertz CT molecular complexity index is 1090. The van der Waals surface area contributed by atoms with Gasteiger partial charge in [0.25, 0.3) is 0 Å². The zero-order chi connectivity index (χ0) is 20.6. The zero-order valence-corrected chi connectivity index (χ0v) is 15.4. The number of alkyl halides is 3. The number of hydrogen-bond acceptors (Lipinski definition) is 5. The molecule has 3 rings (SSSR count). The summed E-state index contributed by atoms with van der Waals surface area (Å²) < 4.78 is 38.6. The molecule has 142 valence electrons. The predicted octanol–water partition coefficient (Wildman–Crippen LogP) is 3.96. The summed E-state index contributed by atoms with van der Waals surface area (Å²) in [5.41, 5.74) is -0.150. The first-order valence-corrected chi connectivity index (χ1v) is 8.28. The second-order valence-electron chi connectivity index (χ2n) is 5.62. The van der Waals surface area contributed by atoms with Crippen LogP contribution in [0.15, 0.2) is 12.1 Å². The van der Waals surface area contributed by atoms with E-state index in [0.29, 0.717) is 17.2 Å². The van der Waals surface area contributed by atoms with Gasteiger partial charge in [0.05, 0.1) is 33.4 Å². The van der Waals surface area contributed by atoms with Crippen molar-refractivity contribution in [2.45, 2.75) is 19.5 Å². The van der Waals surface area contributed by atoms with Crippen molar-refractivity contribution in [1.82, 2.24) is 25.0 Å². The van der Waals surface area contributed by atoms with E-state index >= 15 is 0 Å². The minimum Gasteiger partial charge on any atom is -0.332 e. The van der Waals surface area contributed by atoms with E-state index in [4.69, 9.17) is 33.7 Å². The van der Waals surface area contributed by atoms with Crippen molar-refractivity contribution in [3.8, 4) is 17.8 Å². The van der Waals surface area contributed by atoms with Gasteiger partial charge in [0.2, 0.25) is 0 Å². The topological polar surface area (TPSA) is 107 Å². The van der Waals surface area contributed by atoms with Gasteiger partial charge in [0.15, 0.2) is 11.4 Å². The standard InChI is InChI=1S/C16H8Cl2F3N7/c1-7-11(4-14-24-12(5-22)13(6-23)25-14)27-28(26-7)15-9(17)2-8(3-10(15)18)16(19,20)21/h2-3H,4H2,1H3,(H,24,25). The number of halogens is 5. The van der Waals surface area contributed by atoms with Gasteiger partial charge in [-0.05, 0) is 19.1 Å². The fourth-order valence-corrected chi connectivity index (χ4v) is 3.06. The summed E-state index contributed by atoms with van der Waals surface area (Å²) in [6, 6.07) is 5.10. The van der Waals surface area contributed by atoms with E-state index in [1.807, 2.05) is 6.07 Å². The predicted molar refractivity (Wildman–Crippen MR) is 91.9 cm³/mol. The molecule has 1 aromatic carbocycles. The lowest BCUT2D eigenvalue weighted by atomic mass is 10.2. The average Bonchev–Trinajstić information content (AvgIpc) is 3.17. The zero-order valence-electron chi connectivity index (χ0n) is 13.9. The van der Waals surface area contributed by atoms with E-state index in [2.05, 4.69) is 20.2 Å². The van der Waals surface area contributed by atoms with Crippen LogP contribution in [-0.2, 0) is 12.6 Å². The number of hydrogen-bond donors (Lipinski definition) is 1. The SMILES string of the molecule is Cc1nn(-c2c(Cl)cc(C(F)(F)F)cc2Cl)nc1Cc1nc(C#N)c(C#N)[nH]1. The molecule has 0 aliphatic rings. The Morgan fingerprint density at radius 3 is 2.29 bits per heavy atom. The number of nitrogens with one attached hydrogen (secondary N) is 1. The first-order valence-electron chi connectivity index (χ1n) is 7.52. The fraction of sp³-hybridized carbons (Fsp3) is 0.188. The molecule has 2 aromatic heterocycles. The molecular formula is C16H8Cl2F3N7. The van der Waals surface area contributed by atoms with Gasteiger partial charge in [-0.25, -0.2) is 4.98 Å². The lowest BCUT2D eigenvalue weighted by Gasteiger charge is -2.11. The number of imidazole rings is 1. The molecule has 0 amide bonds. The van der Waals surface area contributed by atoms with Crippen LogP contribution in [-0.4, -0.2) is 25.0 Å². The van der Waals surface area contributed by atoms with Crippen LogP contribution in [0.4, 0.5) is 13.2 Å². The van der Waals surface area contributed by atoms with Gasteiger partial charge in [-0.1, -0.05) is 23.2 Å². The quantitative estimate of drug-likeness (QED) is 0.683. The Balaban J connectivity index is 1.98. The second kappa shape index (κ2) is 7.15. The number of aromatic amines is 1. The van der Waals surface area contributed by atoms with Gasteiger partial charge >= 0.3 is 6.18 Å². The molecule has 1 N–H and O–H groups in total. The van der Waals surface area contributed by atoms with Crippen LogP contribution >= 0.6 is 23.2 Å². The normalized spacial score (nSPS) is 11.3. The summed E-state index contributed by atoms with van der Waals surface area (Å²) in [6.07, 6.45) is -4.49. The third kappa shape index (κ3) is 3.65. The number of aryl methyl sites for hydroxylation is 1. The van der Waals surface area contributed by atoms with Crippen molar-refractivity contribution in [1.29, 1.82) is 10.5 Å². The maximum Gasteiger partial charge on any atom is 0.416 e. The van der Waals surface area contributed by atoms with Crippen LogP contribution in [0.1, 0.15) is 34.2 Å². The number of nitriles is 2. The largest absolute Gasteiger partial charge is 0.416 e. The monoisotopic (exact) mass is 425 g/mol. The molecule has 12 heteroatoms. The van der Waals surface area contributed by atoms with Crippen molar-refractivity contribution < 1.29 is 13.2 Å². The molecule has 28 heavy (non-hydrogen) atoms. The van der Waals surface area contributed by atoms with Crippen LogP contribution < -0.4 is 0 Å². The van der Waals surface area contributed by atoms with Crippen LogP contribution in [0.25, 0.3) is 5.69 Å². The number of benzene rings is 1. The summed E-state index contributed by atoms with van der Waals surface area (Å²) in [5, 5.41) is 25.7. The molecule has 0 bridgehead atoms. The van der Waals surface area contributed by atoms with E-state index in [1.165, 1.54) is 0 Å². The molecule has 0 radical (unpaired) electrons. The molecule has 0 aliphatic carbocycles. The van der Waals surface area contributed by atoms with E-state index in [9.17, 15) is 13.2 Å². The number of rotatable bonds is 3. The van der Waals surface area contributed by atoms with E-state index in [1.54, 1.807) is 13.0 Å². The second-order valence-corrected chi connectivity index (χ2v) is 6.43. The van der Waals surface area contributed by atoms with Crippen LogP contribution in [0.5, 0.6) is 0 Å². The molecule has 0 saturated heterocycles. The van der Waals surface area contributed by atoms with Gasteiger partial charge in [-0.3, -0.25) is 0 Å². The first-order chi connectivity index (χ1) is 13.1. The van der Waals surface area contributed by atoms with Crippen molar-refractivity contribution in [2.24, 2.45) is 0 Å². The maximum absolute atomic E-state index is 12.9. The highest BCUT2D eigenvalue weighted by Crippen LogP contribution is 2.37. The van der Waals surface area contributed by atoms with E-state index in [0.717, 1.165) is 16.9 Å². The van der Waals surface area contributed by atoms with Gasteiger partial charge in [0.1, 0.15) is 23.7 Å². The van der Waals surface area contributed by atoms with Crippen LogP contribution in [0, 0.1) is 29.6 Å². The third-order valence-corrected chi connectivity index (χ3v) is 4.30. The van der Waals surface area contributed by atoms with Crippen LogP contribution in [0.3, 0.4) is 0 Å². The Kier molecular flexibility index (Phi) is 5.02. The van der Waals surface area contributed by atoms with E-state index in [-0.39, 0.29) is 33.5 Å². The summed E-state index contributed by atoms with van der Waals surface area (Å²) in [6.45, 7) is 1.63. The van der Waals surface area contributed by atoms with Crippen LogP contribution in [0.2, 0.25) is 10.0 Å². The summed E-state index contributed by atoms with van der Waals surface area (Å²) >= 11 is 12.0. The number of aromatic nitrogens is 5. The lowest BCUT2D eigenvalue weighted by molar-refractivity contribution is -0.137. The van der Waals surface area contributed by atoms with E-state index < -0.39 is 11.7 Å². The summed E-state index contributed by atoms with van der Waals surface area (Å²) in [7, 11) is 0. The Hall–Kier alpha value is -3.08. The number of nitrogens with zero attached hydrogens (tertiary/aromatic N) is 6. The molecule has 0 spiro atoms. The molecule has 0 aliphatic heterocycles. The highest BCUT2D eigenvalue weighted by atomic mass is 35.5. The van der Waals surface area contributed by atoms with Crippen molar-refractivity contribution >= 4 is 23.2 Å².